The van der Waals surface area contributed by atoms with Crippen molar-refractivity contribution in [2.45, 2.75) is 68.2 Å². The molecule has 0 bridgehead atoms. The number of hydrogen-bond acceptors (Lipinski definition) is 3. The monoisotopic (exact) mass is 474 g/mol. The summed E-state index contributed by atoms with van der Waals surface area (Å²) in [5, 5.41) is 0.392. The van der Waals surface area contributed by atoms with E-state index in [0.29, 0.717) is 22.9 Å². The summed E-state index contributed by atoms with van der Waals surface area (Å²) in [5.41, 5.74) is 6.47. The smallest absolute Gasteiger partial charge is 0.248 e. The van der Waals surface area contributed by atoms with E-state index in [-0.39, 0.29) is 0 Å². The van der Waals surface area contributed by atoms with E-state index in [1.165, 1.54) is 0 Å². The van der Waals surface area contributed by atoms with Crippen molar-refractivity contribution in [1.82, 2.24) is 0 Å². The van der Waals surface area contributed by atoms with Crippen LogP contribution in [0.4, 0.5) is 0 Å². The van der Waals surface area contributed by atoms with Crippen molar-refractivity contribution in [3.05, 3.63) is 98.1 Å². The van der Waals surface area contributed by atoms with Crippen LogP contribution in [0.5, 0.6) is 0 Å². The third-order valence-electron chi connectivity index (χ3n) is 6.63. The minimum absolute atomic E-state index is 0.392. The van der Waals surface area contributed by atoms with E-state index in [0.717, 1.165) is 50.9 Å². The second kappa shape index (κ2) is 9.84. The Bertz CT molecular complexity index is 1230. The summed E-state index contributed by atoms with van der Waals surface area (Å²) in [6.07, 6.45) is 1.31. The van der Waals surface area contributed by atoms with Crippen LogP contribution in [-0.4, -0.2) is 11.0 Å². The number of benzene rings is 3. The first kappa shape index (κ1) is 25.8. The molecule has 0 aliphatic heterocycles. The maximum atomic E-state index is 15.1. The van der Waals surface area contributed by atoms with Gasteiger partial charge in [0.05, 0.1) is 0 Å². The third-order valence-corrected chi connectivity index (χ3v) is 9.32. The van der Waals surface area contributed by atoms with E-state index in [9.17, 15) is 9.59 Å². The molecule has 0 aliphatic rings. The zero-order valence-electron chi connectivity index (χ0n) is 21.6. The van der Waals surface area contributed by atoms with Gasteiger partial charge in [-0.05, 0) is 93.8 Å². The van der Waals surface area contributed by atoms with Gasteiger partial charge in [-0.2, -0.15) is 0 Å². The van der Waals surface area contributed by atoms with Crippen molar-refractivity contribution in [3.8, 4) is 0 Å². The second-order valence-corrected chi connectivity index (χ2v) is 11.9. The molecule has 178 valence electrons. The zero-order valence-corrected chi connectivity index (χ0v) is 22.5. The Balaban J connectivity index is 2.42. The second-order valence-electron chi connectivity index (χ2n) is 9.44. The minimum atomic E-state index is -4.21. The fraction of sp³-hybridized carbons (Fsp3) is 0.333. The lowest BCUT2D eigenvalue weighted by atomic mass is 10.0. The molecule has 3 rings (SSSR count). The predicted octanol–water partition coefficient (Wildman–Crippen LogP) is 7.33. The minimum Gasteiger partial charge on any atom is -0.302 e. The zero-order chi connectivity index (χ0) is 25.4. The third kappa shape index (κ3) is 4.46. The molecule has 0 aromatic heterocycles. The summed E-state index contributed by atoms with van der Waals surface area (Å²) in [4.78, 5) is 28.6. The molecule has 0 aliphatic carbocycles. The topological polar surface area (TPSA) is 51.2 Å². The molecule has 0 saturated carbocycles. The van der Waals surface area contributed by atoms with Crippen molar-refractivity contribution in [2.24, 2.45) is 0 Å². The number of carbonyl (C=O) groups excluding carboxylic acids is 2. The lowest BCUT2D eigenvalue weighted by Gasteiger charge is -2.23. The van der Waals surface area contributed by atoms with Gasteiger partial charge >= 0.3 is 0 Å². The van der Waals surface area contributed by atoms with Crippen LogP contribution < -0.4 is 5.30 Å². The molecule has 0 fully saturated rings. The Labute approximate surface area is 204 Å². The van der Waals surface area contributed by atoms with Crippen molar-refractivity contribution < 1.29 is 14.2 Å². The molecule has 0 N–H and O–H groups in total. The lowest BCUT2D eigenvalue weighted by Crippen LogP contribution is -2.25. The molecule has 0 spiro atoms. The molecule has 0 saturated heterocycles. The van der Waals surface area contributed by atoms with Gasteiger partial charge in [0.25, 0.3) is 0 Å². The van der Waals surface area contributed by atoms with Crippen LogP contribution in [0.25, 0.3) is 0 Å². The summed E-state index contributed by atoms with van der Waals surface area (Å²) >= 11 is 0. The Morgan fingerprint density at radius 3 is 1.41 bits per heavy atom. The van der Waals surface area contributed by atoms with Crippen molar-refractivity contribution >= 4 is 23.5 Å². The first-order valence-electron chi connectivity index (χ1n) is 11.9. The molecule has 0 amide bonds. The average molecular weight is 475 g/mol. The van der Waals surface area contributed by atoms with Gasteiger partial charge in [0.2, 0.25) is 18.2 Å². The maximum Gasteiger partial charge on any atom is 0.248 e. The number of rotatable bonds is 7. The SMILES string of the molecule is CCc1ccc(CC)c(P(=O)(C(=O)c2c(C)cc(C)cc2C)C(=O)c2c(C)cc(C)cc2C)c1. The summed E-state index contributed by atoms with van der Waals surface area (Å²) < 4.78 is 15.1. The largest absolute Gasteiger partial charge is 0.302 e. The van der Waals surface area contributed by atoms with Crippen molar-refractivity contribution in [2.75, 3.05) is 0 Å². The molecular weight excluding hydrogens is 439 g/mol. The van der Waals surface area contributed by atoms with Gasteiger partial charge in [0.15, 0.2) is 0 Å². The van der Waals surface area contributed by atoms with E-state index in [4.69, 9.17) is 0 Å². The van der Waals surface area contributed by atoms with Crippen LogP contribution in [0.2, 0.25) is 0 Å². The van der Waals surface area contributed by atoms with E-state index >= 15 is 4.57 Å². The Morgan fingerprint density at radius 1 is 0.647 bits per heavy atom. The first-order valence-corrected chi connectivity index (χ1v) is 13.6. The standard InChI is InChI=1S/C30H35O3P/c1-9-24-11-12-25(10-2)26(17-24)34(33,29(31)27-20(5)13-18(3)14-21(27)6)30(32)28-22(7)15-19(4)16-23(28)8/h11-17H,9-10H2,1-8H3. The van der Waals surface area contributed by atoms with E-state index in [2.05, 4.69) is 0 Å². The van der Waals surface area contributed by atoms with Crippen LogP contribution in [-0.2, 0) is 17.4 Å². The van der Waals surface area contributed by atoms with Crippen LogP contribution in [0, 0.1) is 41.5 Å². The molecule has 3 nitrogen and oxygen atoms in total. The number of hydrogen-bond donors (Lipinski definition) is 0. The van der Waals surface area contributed by atoms with E-state index in [1.807, 2.05) is 97.9 Å². The molecule has 34 heavy (non-hydrogen) atoms. The van der Waals surface area contributed by atoms with Gasteiger partial charge < -0.3 is 4.57 Å². The predicted molar refractivity (Wildman–Crippen MR) is 142 cm³/mol. The van der Waals surface area contributed by atoms with Gasteiger partial charge in [-0.15, -0.1) is 0 Å². The van der Waals surface area contributed by atoms with E-state index < -0.39 is 18.2 Å². The number of carbonyl (C=O) groups is 2. The van der Waals surface area contributed by atoms with Gasteiger partial charge in [0.1, 0.15) is 0 Å². The number of aryl methyl sites for hydroxylation is 8. The van der Waals surface area contributed by atoms with Crippen LogP contribution >= 0.6 is 7.14 Å². The van der Waals surface area contributed by atoms with Gasteiger partial charge in [-0.1, -0.05) is 61.4 Å². The van der Waals surface area contributed by atoms with Gasteiger partial charge in [-0.3, -0.25) is 9.59 Å². The summed E-state index contributed by atoms with van der Waals surface area (Å²) in [5.74, 6) is 0. The van der Waals surface area contributed by atoms with Crippen molar-refractivity contribution in [1.29, 1.82) is 0 Å². The molecule has 3 aromatic carbocycles. The lowest BCUT2D eigenvalue weighted by molar-refractivity contribution is 0.104. The molecule has 4 heteroatoms. The quantitative estimate of drug-likeness (QED) is 0.337. The molecule has 0 heterocycles. The Kier molecular flexibility index (Phi) is 7.48. The van der Waals surface area contributed by atoms with Crippen molar-refractivity contribution in [3.63, 3.8) is 0 Å². The highest BCUT2D eigenvalue weighted by Gasteiger charge is 2.45. The highest BCUT2D eigenvalue weighted by atomic mass is 31.2. The van der Waals surface area contributed by atoms with Crippen LogP contribution in [0.15, 0.2) is 42.5 Å². The summed E-state index contributed by atoms with van der Waals surface area (Å²) in [6.45, 7) is 15.3. The molecule has 0 radical (unpaired) electrons. The molecule has 0 atom stereocenters. The molecule has 0 unspecified atom stereocenters. The summed E-state index contributed by atoms with van der Waals surface area (Å²) in [7, 11) is -4.21. The molecule has 3 aromatic rings. The first-order chi connectivity index (χ1) is 15.9. The Morgan fingerprint density at radius 2 is 1.06 bits per heavy atom. The normalized spacial score (nSPS) is 11.5. The molecular formula is C30H35O3P. The fourth-order valence-electron chi connectivity index (χ4n) is 5.08. The average Bonchev–Trinajstić information content (AvgIpc) is 2.76. The van der Waals surface area contributed by atoms with Crippen LogP contribution in [0.1, 0.15) is 79.1 Å². The van der Waals surface area contributed by atoms with Gasteiger partial charge in [0, 0.05) is 16.4 Å². The highest BCUT2D eigenvalue weighted by molar-refractivity contribution is 8.01. The fourth-order valence-corrected chi connectivity index (χ4v) is 8.02. The van der Waals surface area contributed by atoms with E-state index in [1.54, 1.807) is 0 Å². The van der Waals surface area contributed by atoms with Crippen LogP contribution in [0.3, 0.4) is 0 Å². The Hall–Kier alpha value is -2.77. The maximum absolute atomic E-state index is 15.1. The highest BCUT2D eigenvalue weighted by Crippen LogP contribution is 2.53. The summed E-state index contributed by atoms with van der Waals surface area (Å²) in [6, 6.07) is 13.4. The van der Waals surface area contributed by atoms with Gasteiger partial charge in [-0.25, -0.2) is 0 Å².